The summed E-state index contributed by atoms with van der Waals surface area (Å²) in [5.74, 6) is 0.652. The minimum absolute atomic E-state index is 0.0633. The largest absolute Gasteiger partial charge is 0.377 e. The lowest BCUT2D eigenvalue weighted by molar-refractivity contribution is 0.104. The predicted octanol–water partition coefficient (Wildman–Crippen LogP) is 3.72. The summed E-state index contributed by atoms with van der Waals surface area (Å²) in [6.45, 7) is 2.56. The monoisotopic (exact) mass is 320 g/mol. The van der Waals surface area contributed by atoms with Gasteiger partial charge in [-0.05, 0) is 29.9 Å². The van der Waals surface area contributed by atoms with Gasteiger partial charge < -0.3 is 10.6 Å². The summed E-state index contributed by atoms with van der Waals surface area (Å²) < 4.78 is 0. The first-order valence-corrected chi connectivity index (χ1v) is 8.57. The summed E-state index contributed by atoms with van der Waals surface area (Å²) in [7, 11) is 0. The highest BCUT2D eigenvalue weighted by molar-refractivity contribution is 6.04. The van der Waals surface area contributed by atoms with Crippen molar-refractivity contribution in [3.63, 3.8) is 0 Å². The lowest BCUT2D eigenvalue weighted by atomic mass is 9.88. The van der Waals surface area contributed by atoms with Gasteiger partial charge in [-0.15, -0.1) is 0 Å². The predicted molar refractivity (Wildman–Crippen MR) is 97.8 cm³/mol. The van der Waals surface area contributed by atoms with E-state index in [0.29, 0.717) is 12.5 Å². The van der Waals surface area contributed by atoms with Crippen molar-refractivity contribution in [3.8, 4) is 0 Å². The van der Waals surface area contributed by atoms with Crippen LogP contribution in [0.3, 0.4) is 0 Å². The molecular weight excluding hydrogens is 296 g/mol. The van der Waals surface area contributed by atoms with Crippen molar-refractivity contribution < 1.29 is 4.79 Å². The van der Waals surface area contributed by atoms with Gasteiger partial charge in [0.25, 0.3) is 0 Å². The molecule has 0 saturated carbocycles. The Hall–Kier alpha value is -2.39. The minimum Gasteiger partial charge on any atom is -0.377 e. The Morgan fingerprint density at radius 2 is 1.83 bits per heavy atom. The van der Waals surface area contributed by atoms with E-state index in [-0.39, 0.29) is 5.78 Å². The molecule has 3 rings (SSSR count). The summed E-state index contributed by atoms with van der Waals surface area (Å²) >= 11 is 0. The van der Waals surface area contributed by atoms with E-state index in [1.165, 1.54) is 11.1 Å². The molecule has 1 aliphatic heterocycles. The fourth-order valence-corrected chi connectivity index (χ4v) is 3.23. The van der Waals surface area contributed by atoms with Gasteiger partial charge >= 0.3 is 0 Å². The molecule has 24 heavy (non-hydrogen) atoms. The second-order valence-corrected chi connectivity index (χ2v) is 6.31. The lowest BCUT2D eigenvalue weighted by Crippen LogP contribution is -2.28. The number of piperidine rings is 1. The minimum atomic E-state index is 0.0633. The standard InChI is InChI=1S/C21H24N2O/c22-16-17-5-4-8-20(15-17)18-9-12-23(13-10-18)14-11-21(24)19-6-2-1-3-7-19/h1-8,11,14-15,18H,9-10,12-13,16,22H2. The molecule has 0 aromatic heterocycles. The van der Waals surface area contributed by atoms with Gasteiger partial charge in [-0.25, -0.2) is 0 Å². The molecule has 0 bridgehead atoms. The number of nitrogens with zero attached hydrogens (tertiary/aromatic N) is 1. The smallest absolute Gasteiger partial charge is 0.187 e. The van der Waals surface area contributed by atoms with Gasteiger partial charge in [0.2, 0.25) is 0 Å². The maximum Gasteiger partial charge on any atom is 0.187 e. The van der Waals surface area contributed by atoms with Crippen LogP contribution in [0.5, 0.6) is 0 Å². The number of carbonyl (C=O) groups is 1. The summed E-state index contributed by atoms with van der Waals surface area (Å²) in [4.78, 5) is 14.4. The number of allylic oxidation sites excluding steroid dienone is 1. The molecule has 0 radical (unpaired) electrons. The van der Waals surface area contributed by atoms with E-state index >= 15 is 0 Å². The maximum absolute atomic E-state index is 12.1. The van der Waals surface area contributed by atoms with Crippen LogP contribution < -0.4 is 5.73 Å². The van der Waals surface area contributed by atoms with E-state index in [9.17, 15) is 4.79 Å². The fourth-order valence-electron chi connectivity index (χ4n) is 3.23. The molecule has 0 atom stereocenters. The Morgan fingerprint density at radius 1 is 1.08 bits per heavy atom. The van der Waals surface area contributed by atoms with Crippen molar-refractivity contribution in [2.24, 2.45) is 5.73 Å². The third kappa shape index (κ3) is 4.12. The number of carbonyl (C=O) groups excluding carboxylic acids is 1. The maximum atomic E-state index is 12.1. The molecule has 3 nitrogen and oxygen atoms in total. The van der Waals surface area contributed by atoms with Crippen molar-refractivity contribution in [1.82, 2.24) is 4.90 Å². The molecule has 2 N–H and O–H groups in total. The third-order valence-electron chi connectivity index (χ3n) is 4.68. The number of ketones is 1. The van der Waals surface area contributed by atoms with Gasteiger partial charge in [-0.2, -0.15) is 0 Å². The first-order valence-electron chi connectivity index (χ1n) is 8.57. The van der Waals surface area contributed by atoms with Crippen molar-refractivity contribution in [2.45, 2.75) is 25.3 Å². The quantitative estimate of drug-likeness (QED) is 0.674. The van der Waals surface area contributed by atoms with Crippen molar-refractivity contribution >= 4 is 5.78 Å². The first-order chi connectivity index (χ1) is 11.8. The molecule has 1 aliphatic rings. The highest BCUT2D eigenvalue weighted by Gasteiger charge is 2.19. The Bertz CT molecular complexity index is 701. The van der Waals surface area contributed by atoms with Crippen LogP contribution in [-0.2, 0) is 6.54 Å². The average Bonchev–Trinajstić information content (AvgIpc) is 2.67. The van der Waals surface area contributed by atoms with E-state index in [4.69, 9.17) is 5.73 Å². The Kier molecular flexibility index (Phi) is 5.44. The molecule has 1 heterocycles. The van der Waals surface area contributed by atoms with Crippen LogP contribution in [0.2, 0.25) is 0 Å². The lowest BCUT2D eigenvalue weighted by Gasteiger charge is -2.31. The van der Waals surface area contributed by atoms with E-state index in [1.54, 1.807) is 6.08 Å². The van der Waals surface area contributed by atoms with Crippen LogP contribution in [0.4, 0.5) is 0 Å². The van der Waals surface area contributed by atoms with E-state index < -0.39 is 0 Å². The zero-order chi connectivity index (χ0) is 16.8. The highest BCUT2D eigenvalue weighted by atomic mass is 16.1. The van der Waals surface area contributed by atoms with Gasteiger partial charge in [0.05, 0.1) is 0 Å². The average molecular weight is 320 g/mol. The van der Waals surface area contributed by atoms with Crippen molar-refractivity contribution in [1.29, 1.82) is 0 Å². The normalized spacial score (nSPS) is 15.8. The second-order valence-electron chi connectivity index (χ2n) is 6.31. The topological polar surface area (TPSA) is 46.3 Å². The first kappa shape index (κ1) is 16.5. The van der Waals surface area contributed by atoms with Crippen molar-refractivity contribution in [3.05, 3.63) is 83.6 Å². The van der Waals surface area contributed by atoms with E-state index in [1.807, 2.05) is 36.5 Å². The molecule has 1 saturated heterocycles. The summed E-state index contributed by atoms with van der Waals surface area (Å²) in [6, 6.07) is 18.0. The van der Waals surface area contributed by atoms with Crippen LogP contribution in [0.15, 0.2) is 66.9 Å². The van der Waals surface area contributed by atoms with Gasteiger partial charge in [-0.3, -0.25) is 4.79 Å². The number of hydrogen-bond acceptors (Lipinski definition) is 3. The molecule has 0 amide bonds. The Balaban J connectivity index is 1.55. The Labute approximate surface area is 143 Å². The zero-order valence-electron chi connectivity index (χ0n) is 13.9. The molecular formula is C21H24N2O. The van der Waals surface area contributed by atoms with Gasteiger partial charge in [0, 0.05) is 37.5 Å². The van der Waals surface area contributed by atoms with Crippen molar-refractivity contribution in [2.75, 3.05) is 13.1 Å². The zero-order valence-corrected chi connectivity index (χ0v) is 13.9. The Morgan fingerprint density at radius 3 is 2.54 bits per heavy atom. The molecule has 2 aromatic carbocycles. The number of benzene rings is 2. The molecule has 0 aliphatic carbocycles. The molecule has 0 spiro atoms. The summed E-state index contributed by atoms with van der Waals surface area (Å²) in [6.07, 6.45) is 5.85. The van der Waals surface area contributed by atoms with Crippen LogP contribution in [0.25, 0.3) is 0 Å². The molecule has 1 fully saturated rings. The third-order valence-corrected chi connectivity index (χ3v) is 4.68. The number of nitrogens with two attached hydrogens (primary N) is 1. The molecule has 3 heteroatoms. The van der Waals surface area contributed by atoms with Gasteiger partial charge in [0.15, 0.2) is 5.78 Å². The number of hydrogen-bond donors (Lipinski definition) is 1. The van der Waals surface area contributed by atoms with Crippen LogP contribution in [0, 0.1) is 0 Å². The van der Waals surface area contributed by atoms with Crippen LogP contribution in [-0.4, -0.2) is 23.8 Å². The molecule has 2 aromatic rings. The SMILES string of the molecule is NCc1cccc(C2CCN(C=CC(=O)c3ccccc3)CC2)c1. The van der Waals surface area contributed by atoms with E-state index in [2.05, 4.69) is 29.2 Å². The van der Waals surface area contributed by atoms with Crippen LogP contribution >= 0.6 is 0 Å². The van der Waals surface area contributed by atoms with Gasteiger partial charge in [0.1, 0.15) is 0 Å². The second kappa shape index (κ2) is 7.93. The van der Waals surface area contributed by atoms with Crippen LogP contribution in [0.1, 0.15) is 40.2 Å². The summed E-state index contributed by atoms with van der Waals surface area (Å²) in [5, 5.41) is 0. The summed E-state index contributed by atoms with van der Waals surface area (Å²) in [5.41, 5.74) is 9.06. The number of likely N-dealkylation sites (tertiary alicyclic amines) is 1. The number of rotatable bonds is 5. The van der Waals surface area contributed by atoms with Gasteiger partial charge in [-0.1, -0.05) is 54.6 Å². The van der Waals surface area contributed by atoms with E-state index in [0.717, 1.165) is 31.5 Å². The molecule has 0 unspecified atom stereocenters. The fraction of sp³-hybridized carbons (Fsp3) is 0.286. The molecule has 124 valence electrons. The highest BCUT2D eigenvalue weighted by Crippen LogP contribution is 2.28.